The highest BCUT2D eigenvalue weighted by atomic mass is 32.1. The molecule has 1 aromatic heterocycles. The second-order valence-electron chi connectivity index (χ2n) is 7.63. The van der Waals surface area contributed by atoms with Crippen molar-refractivity contribution in [3.05, 3.63) is 21.9 Å². The molecule has 3 amide bonds. The van der Waals surface area contributed by atoms with Crippen molar-refractivity contribution in [3.8, 4) is 0 Å². The Morgan fingerprint density at radius 1 is 1.22 bits per heavy atom. The predicted molar refractivity (Wildman–Crippen MR) is 105 cm³/mol. The van der Waals surface area contributed by atoms with Gasteiger partial charge in [0, 0.05) is 50.9 Å². The summed E-state index contributed by atoms with van der Waals surface area (Å²) in [7, 11) is 1.85. The summed E-state index contributed by atoms with van der Waals surface area (Å²) < 4.78 is 0. The SMILES string of the molecule is Cc1ccsc1CN(C)C(=O)[C@@H]1CCC(=O)N(CCCN2CCCC2=O)C1. The third kappa shape index (κ3) is 4.89. The van der Waals surface area contributed by atoms with Crippen LogP contribution >= 0.6 is 11.3 Å². The van der Waals surface area contributed by atoms with E-state index in [1.807, 2.05) is 16.8 Å². The molecular formula is C20H29N3O3S. The number of amides is 3. The second kappa shape index (κ2) is 8.87. The summed E-state index contributed by atoms with van der Waals surface area (Å²) in [5.41, 5.74) is 1.22. The van der Waals surface area contributed by atoms with Crippen LogP contribution in [0.2, 0.25) is 0 Å². The van der Waals surface area contributed by atoms with E-state index in [0.29, 0.717) is 45.4 Å². The number of likely N-dealkylation sites (tertiary alicyclic amines) is 2. The van der Waals surface area contributed by atoms with Crippen LogP contribution in [-0.4, -0.2) is 65.6 Å². The fraction of sp³-hybridized carbons (Fsp3) is 0.650. The Morgan fingerprint density at radius 2 is 1.96 bits per heavy atom. The summed E-state index contributed by atoms with van der Waals surface area (Å²) in [6.45, 7) is 5.36. The van der Waals surface area contributed by atoms with Gasteiger partial charge in [0.05, 0.1) is 12.5 Å². The Hall–Kier alpha value is -1.89. The smallest absolute Gasteiger partial charge is 0.227 e. The van der Waals surface area contributed by atoms with Crippen LogP contribution in [0.25, 0.3) is 0 Å². The summed E-state index contributed by atoms with van der Waals surface area (Å²) >= 11 is 1.68. The fourth-order valence-corrected chi connectivity index (χ4v) is 4.86. The standard InChI is InChI=1S/C20H29N3O3S/c1-15-8-12-27-17(15)14-21(2)20(26)16-6-7-19(25)23(13-16)11-4-10-22-9-3-5-18(22)24/h8,12,16H,3-7,9-11,13-14H2,1-2H3/t16-/m1/s1. The molecule has 0 spiro atoms. The number of carbonyl (C=O) groups is 3. The Kier molecular flexibility index (Phi) is 6.52. The Balaban J connectivity index is 1.49. The predicted octanol–water partition coefficient (Wildman–Crippen LogP) is 2.27. The lowest BCUT2D eigenvalue weighted by Crippen LogP contribution is -2.46. The van der Waals surface area contributed by atoms with Gasteiger partial charge in [-0.3, -0.25) is 14.4 Å². The summed E-state index contributed by atoms with van der Waals surface area (Å²) in [4.78, 5) is 43.5. The molecule has 0 unspecified atom stereocenters. The molecule has 2 aliphatic rings. The van der Waals surface area contributed by atoms with Gasteiger partial charge < -0.3 is 14.7 Å². The van der Waals surface area contributed by atoms with Crippen LogP contribution in [-0.2, 0) is 20.9 Å². The van der Waals surface area contributed by atoms with Crippen LogP contribution in [0.1, 0.15) is 42.5 Å². The molecule has 2 fully saturated rings. The van der Waals surface area contributed by atoms with E-state index < -0.39 is 0 Å². The van der Waals surface area contributed by atoms with Gasteiger partial charge in [-0.25, -0.2) is 0 Å². The Bertz CT molecular complexity index is 702. The summed E-state index contributed by atoms with van der Waals surface area (Å²) in [5.74, 6) is 0.346. The highest BCUT2D eigenvalue weighted by Crippen LogP contribution is 2.23. The molecule has 0 aromatic carbocycles. The molecule has 6 nitrogen and oxygen atoms in total. The highest BCUT2D eigenvalue weighted by Gasteiger charge is 2.32. The van der Waals surface area contributed by atoms with E-state index in [0.717, 1.165) is 19.4 Å². The number of thiophene rings is 1. The lowest BCUT2D eigenvalue weighted by atomic mass is 9.96. The third-order valence-corrected chi connectivity index (χ3v) is 6.61. The summed E-state index contributed by atoms with van der Waals surface area (Å²) in [5, 5.41) is 2.05. The van der Waals surface area contributed by atoms with Crippen molar-refractivity contribution < 1.29 is 14.4 Å². The fourth-order valence-electron chi connectivity index (χ4n) is 3.90. The van der Waals surface area contributed by atoms with Crippen molar-refractivity contribution in [1.82, 2.24) is 14.7 Å². The van der Waals surface area contributed by atoms with Crippen LogP contribution in [0.15, 0.2) is 11.4 Å². The highest BCUT2D eigenvalue weighted by molar-refractivity contribution is 7.10. The monoisotopic (exact) mass is 391 g/mol. The van der Waals surface area contributed by atoms with Crippen LogP contribution in [0.3, 0.4) is 0 Å². The molecular weight excluding hydrogens is 362 g/mol. The van der Waals surface area contributed by atoms with Crippen LogP contribution in [0.4, 0.5) is 0 Å². The maximum atomic E-state index is 12.9. The first kappa shape index (κ1) is 19.9. The van der Waals surface area contributed by atoms with Crippen molar-refractivity contribution in [2.24, 2.45) is 5.92 Å². The molecule has 27 heavy (non-hydrogen) atoms. The van der Waals surface area contributed by atoms with Gasteiger partial charge in [-0.2, -0.15) is 0 Å². The van der Waals surface area contributed by atoms with Crippen LogP contribution in [0, 0.1) is 12.8 Å². The average molecular weight is 392 g/mol. The first-order valence-corrected chi connectivity index (χ1v) is 10.7. The molecule has 3 heterocycles. The lowest BCUT2D eigenvalue weighted by Gasteiger charge is -2.34. The first-order chi connectivity index (χ1) is 13.0. The number of carbonyl (C=O) groups excluding carboxylic acids is 3. The van der Waals surface area contributed by atoms with Crippen LogP contribution in [0.5, 0.6) is 0 Å². The maximum absolute atomic E-state index is 12.9. The molecule has 0 saturated carbocycles. The normalized spacial score (nSPS) is 20.4. The summed E-state index contributed by atoms with van der Waals surface area (Å²) in [6, 6.07) is 2.07. The average Bonchev–Trinajstić information content (AvgIpc) is 3.24. The maximum Gasteiger partial charge on any atom is 0.227 e. The van der Waals surface area contributed by atoms with Crippen molar-refractivity contribution in [2.75, 3.05) is 33.2 Å². The molecule has 1 aromatic rings. The molecule has 2 aliphatic heterocycles. The quantitative estimate of drug-likeness (QED) is 0.716. The number of hydrogen-bond acceptors (Lipinski definition) is 4. The zero-order valence-corrected chi connectivity index (χ0v) is 17.1. The number of nitrogens with zero attached hydrogens (tertiary/aromatic N) is 3. The minimum absolute atomic E-state index is 0.120. The molecule has 2 saturated heterocycles. The molecule has 0 radical (unpaired) electrons. The van der Waals surface area contributed by atoms with Gasteiger partial charge in [-0.1, -0.05) is 0 Å². The number of hydrogen-bond donors (Lipinski definition) is 0. The second-order valence-corrected chi connectivity index (χ2v) is 8.64. The van der Waals surface area contributed by atoms with E-state index in [-0.39, 0.29) is 23.6 Å². The third-order valence-electron chi connectivity index (χ3n) is 5.60. The van der Waals surface area contributed by atoms with E-state index >= 15 is 0 Å². The van der Waals surface area contributed by atoms with Gasteiger partial charge in [-0.05, 0) is 43.2 Å². The Morgan fingerprint density at radius 3 is 2.63 bits per heavy atom. The van der Waals surface area contributed by atoms with Gasteiger partial charge in [0.2, 0.25) is 17.7 Å². The minimum Gasteiger partial charge on any atom is -0.343 e. The van der Waals surface area contributed by atoms with E-state index in [9.17, 15) is 14.4 Å². The van der Waals surface area contributed by atoms with Gasteiger partial charge in [0.25, 0.3) is 0 Å². The minimum atomic E-state index is -0.124. The molecule has 0 bridgehead atoms. The molecule has 3 rings (SSSR count). The van der Waals surface area contributed by atoms with Crippen LogP contribution < -0.4 is 0 Å². The van der Waals surface area contributed by atoms with Gasteiger partial charge >= 0.3 is 0 Å². The molecule has 0 aliphatic carbocycles. The first-order valence-electron chi connectivity index (χ1n) is 9.79. The number of rotatable bonds is 7. The zero-order valence-electron chi connectivity index (χ0n) is 16.3. The van der Waals surface area contributed by atoms with Crippen molar-refractivity contribution in [1.29, 1.82) is 0 Å². The number of piperidine rings is 1. The Labute approximate surface area is 165 Å². The molecule has 7 heteroatoms. The number of aryl methyl sites for hydroxylation is 1. The van der Waals surface area contributed by atoms with E-state index in [2.05, 4.69) is 18.4 Å². The summed E-state index contributed by atoms with van der Waals surface area (Å²) in [6.07, 6.45) is 3.43. The van der Waals surface area contributed by atoms with Crippen molar-refractivity contribution in [2.45, 2.75) is 45.6 Å². The largest absolute Gasteiger partial charge is 0.343 e. The molecule has 1 atom stereocenters. The topological polar surface area (TPSA) is 60.9 Å². The van der Waals surface area contributed by atoms with E-state index in [1.54, 1.807) is 16.2 Å². The van der Waals surface area contributed by atoms with Crippen molar-refractivity contribution >= 4 is 29.1 Å². The van der Waals surface area contributed by atoms with Gasteiger partial charge in [0.1, 0.15) is 0 Å². The van der Waals surface area contributed by atoms with Crippen molar-refractivity contribution in [3.63, 3.8) is 0 Å². The lowest BCUT2D eigenvalue weighted by molar-refractivity contribution is -0.142. The van der Waals surface area contributed by atoms with Gasteiger partial charge in [0.15, 0.2) is 0 Å². The van der Waals surface area contributed by atoms with Gasteiger partial charge in [-0.15, -0.1) is 11.3 Å². The molecule has 148 valence electrons. The van der Waals surface area contributed by atoms with E-state index in [1.165, 1.54) is 10.4 Å². The van der Waals surface area contributed by atoms with E-state index in [4.69, 9.17) is 0 Å². The molecule has 0 N–H and O–H groups in total. The zero-order chi connectivity index (χ0) is 19.4.